The van der Waals surface area contributed by atoms with Crippen molar-refractivity contribution in [2.45, 2.75) is 39.5 Å². The van der Waals surface area contributed by atoms with Crippen molar-refractivity contribution in [1.29, 1.82) is 0 Å². The maximum atomic E-state index is 11.8. The van der Waals surface area contributed by atoms with Crippen LogP contribution < -0.4 is 5.32 Å². The van der Waals surface area contributed by atoms with Crippen LogP contribution in [0, 0.1) is 5.92 Å². The monoisotopic (exact) mass is 226 g/mol. The van der Waals surface area contributed by atoms with Gasteiger partial charge in [0.25, 0.3) is 0 Å². The van der Waals surface area contributed by atoms with E-state index in [1.54, 1.807) is 0 Å². The van der Waals surface area contributed by atoms with Crippen molar-refractivity contribution in [1.82, 2.24) is 10.2 Å². The SMILES string of the molecule is CCNCCCCN1C(=O)CC(CC)C1=O. The molecular formula is C12H22N2O2. The van der Waals surface area contributed by atoms with Crippen LogP contribution in [0.2, 0.25) is 0 Å². The Labute approximate surface area is 97.4 Å². The van der Waals surface area contributed by atoms with E-state index in [-0.39, 0.29) is 17.7 Å². The minimum absolute atomic E-state index is 0.0142. The van der Waals surface area contributed by atoms with E-state index in [1.807, 2.05) is 6.92 Å². The molecular weight excluding hydrogens is 204 g/mol. The van der Waals surface area contributed by atoms with Gasteiger partial charge in [0.15, 0.2) is 0 Å². The van der Waals surface area contributed by atoms with Gasteiger partial charge in [-0.1, -0.05) is 13.8 Å². The first-order valence-electron chi connectivity index (χ1n) is 6.25. The van der Waals surface area contributed by atoms with Crippen LogP contribution in [0.3, 0.4) is 0 Å². The molecule has 0 radical (unpaired) electrons. The number of imide groups is 1. The number of nitrogens with one attached hydrogen (secondary N) is 1. The van der Waals surface area contributed by atoms with Crippen LogP contribution in [0.4, 0.5) is 0 Å². The van der Waals surface area contributed by atoms with Gasteiger partial charge in [-0.25, -0.2) is 0 Å². The second-order valence-corrected chi connectivity index (χ2v) is 4.25. The summed E-state index contributed by atoms with van der Waals surface area (Å²) in [6, 6.07) is 0. The minimum atomic E-state index is -0.0544. The second kappa shape index (κ2) is 6.63. The highest BCUT2D eigenvalue weighted by Crippen LogP contribution is 2.22. The lowest BCUT2D eigenvalue weighted by Crippen LogP contribution is -2.32. The Balaban J connectivity index is 2.26. The standard InChI is InChI=1S/C12H22N2O2/c1-3-10-9-11(15)14(12(10)16)8-6-5-7-13-4-2/h10,13H,3-9H2,1-2H3. The Bertz CT molecular complexity index is 253. The molecule has 1 atom stereocenters. The third-order valence-corrected chi connectivity index (χ3v) is 3.07. The summed E-state index contributed by atoms with van der Waals surface area (Å²) in [4.78, 5) is 24.8. The Hall–Kier alpha value is -0.900. The Morgan fingerprint density at radius 1 is 1.31 bits per heavy atom. The first-order chi connectivity index (χ1) is 7.70. The van der Waals surface area contributed by atoms with Crippen molar-refractivity contribution >= 4 is 11.8 Å². The highest BCUT2D eigenvalue weighted by atomic mass is 16.2. The fourth-order valence-electron chi connectivity index (χ4n) is 2.00. The number of carbonyl (C=O) groups is 2. The molecule has 4 heteroatoms. The summed E-state index contributed by atoms with van der Waals surface area (Å²) in [7, 11) is 0. The summed E-state index contributed by atoms with van der Waals surface area (Å²) in [6.45, 7) is 6.56. The molecule has 1 aliphatic rings. The summed E-state index contributed by atoms with van der Waals surface area (Å²) >= 11 is 0. The molecule has 16 heavy (non-hydrogen) atoms. The van der Waals surface area contributed by atoms with E-state index in [2.05, 4.69) is 12.2 Å². The molecule has 92 valence electrons. The van der Waals surface area contributed by atoms with Crippen LogP contribution in [-0.2, 0) is 9.59 Å². The van der Waals surface area contributed by atoms with Crippen molar-refractivity contribution in [2.75, 3.05) is 19.6 Å². The molecule has 0 bridgehead atoms. The van der Waals surface area contributed by atoms with Gasteiger partial charge in [0.05, 0.1) is 0 Å². The van der Waals surface area contributed by atoms with Gasteiger partial charge in [-0.15, -0.1) is 0 Å². The molecule has 0 aromatic carbocycles. The van der Waals surface area contributed by atoms with Crippen LogP contribution >= 0.6 is 0 Å². The number of carbonyl (C=O) groups excluding carboxylic acids is 2. The normalized spacial score (nSPS) is 20.9. The van der Waals surface area contributed by atoms with E-state index in [9.17, 15) is 9.59 Å². The molecule has 0 aliphatic carbocycles. The van der Waals surface area contributed by atoms with E-state index in [1.165, 1.54) is 4.90 Å². The topological polar surface area (TPSA) is 49.4 Å². The maximum absolute atomic E-state index is 11.8. The Morgan fingerprint density at radius 3 is 2.62 bits per heavy atom. The van der Waals surface area contributed by atoms with E-state index in [4.69, 9.17) is 0 Å². The second-order valence-electron chi connectivity index (χ2n) is 4.25. The lowest BCUT2D eigenvalue weighted by atomic mass is 10.1. The van der Waals surface area contributed by atoms with Crippen molar-refractivity contribution in [3.63, 3.8) is 0 Å². The summed E-state index contributed by atoms with van der Waals surface area (Å²) in [5, 5.41) is 3.23. The molecule has 0 aromatic heterocycles. The summed E-state index contributed by atoms with van der Waals surface area (Å²) < 4.78 is 0. The zero-order chi connectivity index (χ0) is 12.0. The van der Waals surface area contributed by atoms with Crippen LogP contribution in [0.5, 0.6) is 0 Å². The smallest absolute Gasteiger partial charge is 0.232 e. The largest absolute Gasteiger partial charge is 0.317 e. The van der Waals surface area contributed by atoms with E-state index >= 15 is 0 Å². The molecule has 1 saturated heterocycles. The van der Waals surface area contributed by atoms with Crippen LogP contribution in [0.15, 0.2) is 0 Å². The number of nitrogens with zero attached hydrogens (tertiary/aromatic N) is 1. The number of amides is 2. The number of likely N-dealkylation sites (tertiary alicyclic amines) is 1. The van der Waals surface area contributed by atoms with Gasteiger partial charge in [-0.05, 0) is 32.4 Å². The third-order valence-electron chi connectivity index (χ3n) is 3.07. The lowest BCUT2D eigenvalue weighted by molar-refractivity contribution is -0.139. The molecule has 1 aliphatic heterocycles. The fraction of sp³-hybridized carbons (Fsp3) is 0.833. The number of unbranched alkanes of at least 4 members (excludes halogenated alkanes) is 1. The molecule has 1 unspecified atom stereocenters. The summed E-state index contributed by atoms with van der Waals surface area (Å²) in [5.74, 6) is -0.00230. The predicted molar refractivity (Wildman–Crippen MR) is 62.9 cm³/mol. The molecule has 0 spiro atoms. The van der Waals surface area contributed by atoms with Crippen LogP contribution in [-0.4, -0.2) is 36.3 Å². The van der Waals surface area contributed by atoms with Gasteiger partial charge in [-0.2, -0.15) is 0 Å². The average molecular weight is 226 g/mol. The van der Waals surface area contributed by atoms with E-state index in [0.717, 1.165) is 32.4 Å². The van der Waals surface area contributed by atoms with Gasteiger partial charge < -0.3 is 5.32 Å². The van der Waals surface area contributed by atoms with Gasteiger partial charge in [0.1, 0.15) is 0 Å². The predicted octanol–water partition coefficient (Wildman–Crippen LogP) is 1.16. The highest BCUT2D eigenvalue weighted by Gasteiger charge is 2.36. The fourth-order valence-corrected chi connectivity index (χ4v) is 2.00. The number of hydrogen-bond acceptors (Lipinski definition) is 3. The molecule has 1 rings (SSSR count). The third kappa shape index (κ3) is 3.30. The zero-order valence-corrected chi connectivity index (χ0v) is 10.3. The molecule has 0 aromatic rings. The van der Waals surface area contributed by atoms with Crippen molar-refractivity contribution in [3.8, 4) is 0 Å². The lowest BCUT2D eigenvalue weighted by Gasteiger charge is -2.14. The van der Waals surface area contributed by atoms with Crippen molar-refractivity contribution < 1.29 is 9.59 Å². The molecule has 1 N–H and O–H groups in total. The molecule has 1 heterocycles. The minimum Gasteiger partial charge on any atom is -0.317 e. The van der Waals surface area contributed by atoms with Gasteiger partial charge >= 0.3 is 0 Å². The number of rotatable bonds is 7. The van der Waals surface area contributed by atoms with Crippen LogP contribution in [0.1, 0.15) is 39.5 Å². The molecule has 4 nitrogen and oxygen atoms in total. The maximum Gasteiger partial charge on any atom is 0.232 e. The highest BCUT2D eigenvalue weighted by molar-refractivity contribution is 6.03. The van der Waals surface area contributed by atoms with Gasteiger partial charge in [0.2, 0.25) is 11.8 Å². The zero-order valence-electron chi connectivity index (χ0n) is 10.3. The molecule has 0 saturated carbocycles. The van der Waals surface area contributed by atoms with Crippen molar-refractivity contribution in [2.24, 2.45) is 5.92 Å². The average Bonchev–Trinajstić information content (AvgIpc) is 2.55. The van der Waals surface area contributed by atoms with Gasteiger partial charge in [0, 0.05) is 18.9 Å². The first kappa shape index (κ1) is 13.2. The Kier molecular flexibility index (Phi) is 5.46. The van der Waals surface area contributed by atoms with E-state index in [0.29, 0.717) is 13.0 Å². The van der Waals surface area contributed by atoms with Gasteiger partial charge in [-0.3, -0.25) is 14.5 Å². The quantitative estimate of drug-likeness (QED) is 0.523. The number of hydrogen-bond donors (Lipinski definition) is 1. The first-order valence-corrected chi connectivity index (χ1v) is 6.25. The van der Waals surface area contributed by atoms with E-state index < -0.39 is 0 Å². The Morgan fingerprint density at radius 2 is 2.06 bits per heavy atom. The summed E-state index contributed by atoms with van der Waals surface area (Å²) in [5.41, 5.74) is 0. The molecule has 1 fully saturated rings. The molecule has 2 amide bonds. The van der Waals surface area contributed by atoms with Crippen molar-refractivity contribution in [3.05, 3.63) is 0 Å². The van der Waals surface area contributed by atoms with Crippen LogP contribution in [0.25, 0.3) is 0 Å². The summed E-state index contributed by atoms with van der Waals surface area (Å²) in [6.07, 6.45) is 3.11.